The van der Waals surface area contributed by atoms with Gasteiger partial charge in [0.05, 0.1) is 33.8 Å². The predicted octanol–water partition coefficient (Wildman–Crippen LogP) is 17.4. The number of quaternary nitrogens is 1. The molecule has 0 aromatic carbocycles. The van der Waals surface area contributed by atoms with Crippen molar-refractivity contribution in [1.29, 1.82) is 0 Å². The Balaban J connectivity index is 5.37. The van der Waals surface area contributed by atoms with Gasteiger partial charge in [-0.2, -0.15) is 0 Å². The Labute approximate surface area is 442 Å². The number of phosphoric ester groups is 1. The normalized spacial score (nSPS) is 14.6. The Bertz CT molecular complexity index is 1600. The van der Waals surface area contributed by atoms with Crippen molar-refractivity contribution < 1.29 is 37.3 Å². The molecule has 0 heterocycles. The van der Waals surface area contributed by atoms with E-state index in [0.717, 1.165) is 128 Å². The number of amides is 1. The van der Waals surface area contributed by atoms with Gasteiger partial charge < -0.3 is 19.4 Å². The minimum atomic E-state index is -4.46. The van der Waals surface area contributed by atoms with E-state index in [9.17, 15) is 19.0 Å². The molecule has 10 heteroatoms. The molecule has 0 aliphatic carbocycles. The number of esters is 1. The maximum Gasteiger partial charge on any atom is 0.472 e. The first-order valence-electron chi connectivity index (χ1n) is 28.7. The molecule has 0 saturated heterocycles. The van der Waals surface area contributed by atoms with E-state index in [1.54, 1.807) is 0 Å². The summed E-state index contributed by atoms with van der Waals surface area (Å²) >= 11 is 0. The number of unbranched alkanes of at least 4 members (excludes halogenated alkanes) is 20. The van der Waals surface area contributed by atoms with Crippen molar-refractivity contribution in [2.75, 3.05) is 40.9 Å². The van der Waals surface area contributed by atoms with Crippen molar-refractivity contribution in [1.82, 2.24) is 5.32 Å². The van der Waals surface area contributed by atoms with Crippen LogP contribution in [0.4, 0.5) is 0 Å². The van der Waals surface area contributed by atoms with Crippen LogP contribution < -0.4 is 5.32 Å². The van der Waals surface area contributed by atoms with Gasteiger partial charge in [0.2, 0.25) is 5.91 Å². The Kier molecular flexibility index (Phi) is 48.8. The van der Waals surface area contributed by atoms with Gasteiger partial charge in [0.25, 0.3) is 0 Å². The van der Waals surface area contributed by atoms with Gasteiger partial charge in [0, 0.05) is 12.8 Å². The fraction of sp³-hybridized carbons (Fsp3) is 0.677. The van der Waals surface area contributed by atoms with Crippen LogP contribution in [0.25, 0.3) is 0 Å². The molecule has 0 radical (unpaired) electrons. The van der Waals surface area contributed by atoms with Gasteiger partial charge in [-0.05, 0) is 96.0 Å². The highest BCUT2D eigenvalue weighted by Gasteiger charge is 2.30. The molecule has 9 nitrogen and oxygen atoms in total. The molecule has 0 aliphatic rings. The van der Waals surface area contributed by atoms with Crippen molar-refractivity contribution >= 4 is 19.7 Å². The first-order chi connectivity index (χ1) is 34.9. The molecular weight excluding hydrogens is 916 g/mol. The predicted molar refractivity (Wildman–Crippen MR) is 309 cm³/mol. The molecule has 0 aliphatic heterocycles. The fourth-order valence-electron chi connectivity index (χ4n) is 7.61. The Morgan fingerprint density at radius 1 is 0.514 bits per heavy atom. The molecule has 72 heavy (non-hydrogen) atoms. The van der Waals surface area contributed by atoms with Gasteiger partial charge in [0.1, 0.15) is 19.3 Å². The van der Waals surface area contributed by atoms with Crippen molar-refractivity contribution in [2.24, 2.45) is 0 Å². The molecule has 1 amide bonds. The highest BCUT2D eigenvalue weighted by atomic mass is 31.2. The lowest BCUT2D eigenvalue weighted by Crippen LogP contribution is -2.47. The van der Waals surface area contributed by atoms with E-state index in [4.69, 9.17) is 13.8 Å². The van der Waals surface area contributed by atoms with Gasteiger partial charge in [-0.1, -0.05) is 220 Å². The molecule has 0 spiro atoms. The van der Waals surface area contributed by atoms with E-state index in [2.05, 4.69) is 117 Å². The third-order valence-corrected chi connectivity index (χ3v) is 13.0. The number of nitrogens with one attached hydrogen (secondary N) is 1. The molecule has 2 N–H and O–H groups in total. The number of likely N-dealkylation sites (N-methyl/N-ethyl adjacent to an activating group) is 1. The first kappa shape index (κ1) is 68.7. The second-order valence-electron chi connectivity index (χ2n) is 20.1. The molecule has 3 unspecified atom stereocenters. The van der Waals surface area contributed by atoms with E-state index >= 15 is 0 Å². The van der Waals surface area contributed by atoms with E-state index in [1.165, 1.54) is 51.4 Å². The zero-order valence-electron chi connectivity index (χ0n) is 46.9. The summed E-state index contributed by atoms with van der Waals surface area (Å²) in [4.78, 5) is 37.6. The van der Waals surface area contributed by atoms with Gasteiger partial charge in [-0.25, -0.2) is 4.57 Å². The lowest BCUT2D eigenvalue weighted by atomic mass is 10.0. The third kappa shape index (κ3) is 51.6. The zero-order valence-corrected chi connectivity index (χ0v) is 47.8. The molecule has 0 aromatic rings. The lowest BCUT2D eigenvalue weighted by molar-refractivity contribution is -0.870. The summed E-state index contributed by atoms with van der Waals surface area (Å²) in [6.45, 7) is 6.71. The minimum absolute atomic E-state index is 0.0266. The molecular formula is C62H108N2O7P+. The number of phosphoric acid groups is 1. The molecule has 0 rings (SSSR count). The zero-order chi connectivity index (χ0) is 52.9. The highest BCUT2D eigenvalue weighted by molar-refractivity contribution is 7.47. The van der Waals surface area contributed by atoms with Crippen LogP contribution in [0, 0.1) is 0 Å². The van der Waals surface area contributed by atoms with Crippen LogP contribution in [0.15, 0.2) is 109 Å². The quantitative estimate of drug-likeness (QED) is 0.0156. The van der Waals surface area contributed by atoms with Crippen molar-refractivity contribution in [3.05, 3.63) is 109 Å². The number of rotatable bonds is 50. The average molecular weight is 1020 g/mol. The van der Waals surface area contributed by atoms with Crippen molar-refractivity contribution in [3.63, 3.8) is 0 Å². The van der Waals surface area contributed by atoms with Crippen LogP contribution in [0.5, 0.6) is 0 Å². The van der Waals surface area contributed by atoms with Gasteiger partial charge in [-0.15, -0.1) is 0 Å². The summed E-state index contributed by atoms with van der Waals surface area (Å²) in [5.74, 6) is -0.560. The van der Waals surface area contributed by atoms with Crippen LogP contribution in [-0.4, -0.2) is 74.3 Å². The standard InChI is InChI=1S/C62H107N2O7P/c1-7-10-13-16-19-22-25-28-29-30-31-32-33-34-35-37-39-42-45-48-51-54-61(65)63-59(58-70-72(67,68)69-57-56-64(4,5)6)60(53-50-47-44-41-38-27-24-21-18-15-12-9-3)71-62(66)55-52-49-46-43-40-36-26-23-20-17-14-11-8-2/h10-11,13-14,17,19-20,22-23,26,28-29,31-32,34-35,50,53,59-60H,7-9,12,15-16,18,21,24-25,27,30,33,36-49,51-52,54-58H2,1-6H3,(H-,63,65,67,68)/p+1/b13-10-,14-11+,20-17+,22-19-,26-23-,29-28-,32-31-,35-34-,53-50-. The molecule has 3 atom stereocenters. The molecule has 0 aromatic heterocycles. The second-order valence-corrected chi connectivity index (χ2v) is 21.6. The monoisotopic (exact) mass is 1020 g/mol. The summed E-state index contributed by atoms with van der Waals surface area (Å²) in [7, 11) is 1.45. The number of ether oxygens (including phenoxy) is 1. The number of hydrogen-bond acceptors (Lipinski definition) is 6. The maximum atomic E-state index is 13.5. The summed E-state index contributed by atoms with van der Waals surface area (Å²) < 4.78 is 30.6. The number of nitrogens with zero attached hydrogens (tertiary/aromatic N) is 1. The summed E-state index contributed by atoms with van der Waals surface area (Å²) in [5, 5.41) is 3.03. The van der Waals surface area contributed by atoms with Crippen molar-refractivity contribution in [2.45, 2.75) is 232 Å². The summed E-state index contributed by atoms with van der Waals surface area (Å²) in [6.07, 6.45) is 69.4. The van der Waals surface area contributed by atoms with E-state index in [-0.39, 0.29) is 31.5 Å². The second kappa shape index (κ2) is 51.2. The Hall–Kier alpha value is -3.33. The topological polar surface area (TPSA) is 111 Å². The Morgan fingerprint density at radius 2 is 0.958 bits per heavy atom. The average Bonchev–Trinajstić information content (AvgIpc) is 3.34. The fourth-order valence-corrected chi connectivity index (χ4v) is 8.35. The maximum absolute atomic E-state index is 13.5. The molecule has 0 fully saturated rings. The first-order valence-corrected chi connectivity index (χ1v) is 30.2. The SMILES string of the molecule is CC/C=C\C/C=C\C/C=C\C/C=C\C/C=C\CCCCCCCC(=O)NC(COP(=O)(O)OCC[N+](C)(C)C)C(/C=C\CCCCCCCCCCCC)OC(=O)CCCCCCC\C=C/C=C/C=C/CC. The summed E-state index contributed by atoms with van der Waals surface area (Å²) in [6, 6.07) is -0.873. The third-order valence-electron chi connectivity index (χ3n) is 12.0. The van der Waals surface area contributed by atoms with Crippen LogP contribution in [0.3, 0.4) is 0 Å². The highest BCUT2D eigenvalue weighted by Crippen LogP contribution is 2.43. The van der Waals surface area contributed by atoms with Crippen LogP contribution in [0.2, 0.25) is 0 Å². The minimum Gasteiger partial charge on any atom is -0.456 e. The van der Waals surface area contributed by atoms with Crippen LogP contribution in [0.1, 0.15) is 220 Å². The number of allylic oxidation sites excluding steroid dienone is 17. The Morgan fingerprint density at radius 3 is 1.49 bits per heavy atom. The van der Waals surface area contributed by atoms with Gasteiger partial charge >= 0.3 is 13.8 Å². The van der Waals surface area contributed by atoms with Crippen LogP contribution in [-0.2, 0) is 27.9 Å². The molecule has 0 saturated carbocycles. The largest absolute Gasteiger partial charge is 0.472 e. The van der Waals surface area contributed by atoms with Crippen LogP contribution >= 0.6 is 7.82 Å². The van der Waals surface area contributed by atoms with E-state index < -0.39 is 20.0 Å². The summed E-state index contributed by atoms with van der Waals surface area (Å²) in [5.41, 5.74) is 0. The van der Waals surface area contributed by atoms with E-state index in [1.807, 2.05) is 39.4 Å². The number of hydrogen-bond donors (Lipinski definition) is 2. The lowest BCUT2D eigenvalue weighted by Gasteiger charge is -2.27. The van der Waals surface area contributed by atoms with E-state index in [0.29, 0.717) is 23.9 Å². The molecule has 0 bridgehead atoms. The molecule has 412 valence electrons. The van der Waals surface area contributed by atoms with Gasteiger partial charge in [-0.3, -0.25) is 18.6 Å². The number of carbonyl (C=O) groups is 2. The van der Waals surface area contributed by atoms with Gasteiger partial charge in [0.15, 0.2) is 0 Å². The van der Waals surface area contributed by atoms with Crippen molar-refractivity contribution in [3.8, 4) is 0 Å². The number of carbonyl (C=O) groups excluding carboxylic acids is 2. The smallest absolute Gasteiger partial charge is 0.456 e.